The Labute approximate surface area is 253 Å². The third-order valence-corrected chi connectivity index (χ3v) is 8.56. The van der Waals surface area contributed by atoms with Crippen LogP contribution in [0.1, 0.15) is 0 Å². The molecule has 5 aromatic carbocycles. The van der Waals surface area contributed by atoms with Crippen LogP contribution in [0.4, 0.5) is 0 Å². The number of hydrogen-bond acceptors (Lipinski definition) is 4. The summed E-state index contributed by atoms with van der Waals surface area (Å²) in [6, 6.07) is 42.8. The second kappa shape index (κ2) is 9.79. The van der Waals surface area contributed by atoms with Crippen LogP contribution in [0.2, 0.25) is 0 Å². The van der Waals surface area contributed by atoms with Gasteiger partial charge in [0.1, 0.15) is 0 Å². The highest BCUT2D eigenvalue weighted by molar-refractivity contribution is 6.12. The molecule has 0 aliphatic heterocycles. The minimum Gasteiger partial charge on any atom is -0.256 e. The van der Waals surface area contributed by atoms with Crippen molar-refractivity contribution in [1.82, 2.24) is 19.9 Å². The monoisotopic (exact) mass is 560 g/mol. The second-order valence-corrected chi connectivity index (χ2v) is 11.2. The smallest absolute Gasteiger partial charge is 0.0964 e. The van der Waals surface area contributed by atoms with Gasteiger partial charge in [0.2, 0.25) is 0 Å². The SMILES string of the molecule is c1cnc2c(-c3cc(-c4cnc5c(ccc6cccnc65)c4)cc(-c4cc5ccccc5c5ncccc45)c3)cccc2c1. The van der Waals surface area contributed by atoms with Crippen molar-refractivity contribution >= 4 is 54.4 Å². The first kappa shape index (κ1) is 24.6. The van der Waals surface area contributed by atoms with E-state index in [1.54, 1.807) is 0 Å². The zero-order valence-electron chi connectivity index (χ0n) is 23.6. The number of rotatable bonds is 3. The van der Waals surface area contributed by atoms with Crippen molar-refractivity contribution in [1.29, 1.82) is 0 Å². The van der Waals surface area contributed by atoms with Gasteiger partial charge in [0.05, 0.1) is 22.1 Å². The fourth-order valence-corrected chi connectivity index (χ4v) is 6.48. The van der Waals surface area contributed by atoms with E-state index < -0.39 is 0 Å². The third kappa shape index (κ3) is 3.92. The van der Waals surface area contributed by atoms with Crippen molar-refractivity contribution in [2.45, 2.75) is 0 Å². The van der Waals surface area contributed by atoms with Gasteiger partial charge in [-0.1, -0.05) is 72.8 Å². The molecule has 0 N–H and O–H groups in total. The molecule has 0 saturated heterocycles. The summed E-state index contributed by atoms with van der Waals surface area (Å²) >= 11 is 0. The van der Waals surface area contributed by atoms with E-state index in [1.807, 2.05) is 43.0 Å². The van der Waals surface area contributed by atoms with Gasteiger partial charge in [0.15, 0.2) is 0 Å². The van der Waals surface area contributed by atoms with E-state index in [0.717, 1.165) is 82.4 Å². The first-order chi connectivity index (χ1) is 21.8. The predicted octanol–water partition coefficient (Wildman–Crippen LogP) is 10.0. The molecule has 0 amide bonds. The van der Waals surface area contributed by atoms with Crippen molar-refractivity contribution in [2.75, 3.05) is 0 Å². The van der Waals surface area contributed by atoms with Crippen LogP contribution in [-0.2, 0) is 0 Å². The summed E-state index contributed by atoms with van der Waals surface area (Å²) in [5, 5.41) is 6.71. The Kier molecular flexibility index (Phi) is 5.47. The summed E-state index contributed by atoms with van der Waals surface area (Å²) in [6.45, 7) is 0. The average molecular weight is 561 g/mol. The Hall–Kier alpha value is -6.00. The van der Waals surface area contributed by atoms with Gasteiger partial charge in [-0.2, -0.15) is 0 Å². The molecule has 9 rings (SSSR count). The van der Waals surface area contributed by atoms with Crippen LogP contribution in [0, 0.1) is 0 Å². The molecule has 0 aliphatic carbocycles. The molecule has 4 nitrogen and oxygen atoms in total. The molecule has 9 aromatic rings. The van der Waals surface area contributed by atoms with Crippen molar-refractivity contribution in [2.24, 2.45) is 0 Å². The molecule has 0 atom stereocenters. The van der Waals surface area contributed by atoms with Crippen molar-refractivity contribution in [3.8, 4) is 33.4 Å². The van der Waals surface area contributed by atoms with Gasteiger partial charge in [-0.05, 0) is 76.2 Å². The lowest BCUT2D eigenvalue weighted by Crippen LogP contribution is -1.92. The summed E-state index contributed by atoms with van der Waals surface area (Å²) < 4.78 is 0. The molecule has 4 heterocycles. The molecular weight excluding hydrogens is 536 g/mol. The zero-order valence-corrected chi connectivity index (χ0v) is 23.6. The average Bonchev–Trinajstić information content (AvgIpc) is 3.10. The normalized spacial score (nSPS) is 11.6. The Morgan fingerprint density at radius 1 is 0.318 bits per heavy atom. The van der Waals surface area contributed by atoms with Crippen LogP contribution in [0.25, 0.3) is 87.8 Å². The maximum atomic E-state index is 4.95. The molecule has 0 bridgehead atoms. The lowest BCUT2D eigenvalue weighted by molar-refractivity contribution is 1.37. The molecule has 0 unspecified atom stereocenters. The highest BCUT2D eigenvalue weighted by atomic mass is 14.7. The molecule has 0 radical (unpaired) electrons. The first-order valence-corrected chi connectivity index (χ1v) is 14.7. The zero-order chi connectivity index (χ0) is 29.0. The van der Waals surface area contributed by atoms with E-state index in [-0.39, 0.29) is 0 Å². The van der Waals surface area contributed by atoms with Crippen molar-refractivity contribution < 1.29 is 0 Å². The van der Waals surface area contributed by atoms with Gasteiger partial charge in [0, 0.05) is 62.8 Å². The van der Waals surface area contributed by atoms with E-state index in [2.05, 4.69) is 108 Å². The summed E-state index contributed by atoms with van der Waals surface area (Å²) in [4.78, 5) is 19.2. The Balaban J connectivity index is 1.33. The maximum Gasteiger partial charge on any atom is 0.0964 e. The molecule has 44 heavy (non-hydrogen) atoms. The van der Waals surface area contributed by atoms with Crippen LogP contribution in [0.3, 0.4) is 0 Å². The molecule has 0 saturated carbocycles. The topological polar surface area (TPSA) is 51.6 Å². The van der Waals surface area contributed by atoms with Crippen LogP contribution >= 0.6 is 0 Å². The second-order valence-electron chi connectivity index (χ2n) is 11.2. The molecule has 204 valence electrons. The van der Waals surface area contributed by atoms with Gasteiger partial charge in [0.25, 0.3) is 0 Å². The van der Waals surface area contributed by atoms with Crippen LogP contribution < -0.4 is 0 Å². The van der Waals surface area contributed by atoms with E-state index in [4.69, 9.17) is 15.0 Å². The number of nitrogens with zero attached hydrogens (tertiary/aromatic N) is 4. The molecule has 4 aromatic heterocycles. The van der Waals surface area contributed by atoms with Crippen molar-refractivity contribution in [3.05, 3.63) is 146 Å². The maximum absolute atomic E-state index is 4.95. The number of pyridine rings is 4. The Morgan fingerprint density at radius 2 is 0.932 bits per heavy atom. The summed E-state index contributed by atoms with van der Waals surface area (Å²) in [7, 11) is 0. The third-order valence-electron chi connectivity index (χ3n) is 8.56. The van der Waals surface area contributed by atoms with Crippen LogP contribution in [0.15, 0.2) is 146 Å². The first-order valence-electron chi connectivity index (χ1n) is 14.7. The van der Waals surface area contributed by atoms with Gasteiger partial charge in [-0.3, -0.25) is 19.9 Å². The van der Waals surface area contributed by atoms with Gasteiger partial charge < -0.3 is 0 Å². The summed E-state index contributed by atoms with van der Waals surface area (Å²) in [5.74, 6) is 0. The highest BCUT2D eigenvalue weighted by Crippen LogP contribution is 2.40. The van der Waals surface area contributed by atoms with E-state index in [9.17, 15) is 0 Å². The lowest BCUT2D eigenvalue weighted by Gasteiger charge is -2.15. The fraction of sp³-hybridized carbons (Fsp3) is 0. The summed E-state index contributed by atoms with van der Waals surface area (Å²) in [5.41, 5.74) is 10.4. The standard InChI is InChI=1S/C40H24N4/c1-2-11-33-27(7-1)23-36(35-13-6-18-43-40(33)35)31-21-29(20-30(22-31)34-12-3-8-25-9-4-16-41-37(25)34)32-19-28-15-14-26-10-5-17-42-38(26)39(28)44-24-32/h1-24H. The molecule has 0 spiro atoms. The Morgan fingerprint density at radius 3 is 1.82 bits per heavy atom. The number of aromatic nitrogens is 4. The summed E-state index contributed by atoms with van der Waals surface area (Å²) in [6.07, 6.45) is 7.54. The minimum absolute atomic E-state index is 0.910. The largest absolute Gasteiger partial charge is 0.256 e. The van der Waals surface area contributed by atoms with Crippen LogP contribution in [0.5, 0.6) is 0 Å². The highest BCUT2D eigenvalue weighted by Gasteiger charge is 2.15. The quantitative estimate of drug-likeness (QED) is 0.202. The Bertz CT molecular complexity index is 2560. The van der Waals surface area contributed by atoms with E-state index >= 15 is 0 Å². The van der Waals surface area contributed by atoms with Gasteiger partial charge in [-0.15, -0.1) is 0 Å². The van der Waals surface area contributed by atoms with Gasteiger partial charge in [-0.25, -0.2) is 0 Å². The number of benzene rings is 5. The molecule has 4 heteroatoms. The number of fused-ring (bicyclic) bond motifs is 7. The molecular formula is C40H24N4. The fourth-order valence-electron chi connectivity index (χ4n) is 6.48. The van der Waals surface area contributed by atoms with Gasteiger partial charge >= 0.3 is 0 Å². The lowest BCUT2D eigenvalue weighted by atomic mass is 9.90. The molecule has 0 fully saturated rings. The van der Waals surface area contributed by atoms with Crippen molar-refractivity contribution in [3.63, 3.8) is 0 Å². The molecule has 0 aliphatic rings. The van der Waals surface area contributed by atoms with Crippen LogP contribution in [-0.4, -0.2) is 19.9 Å². The predicted molar refractivity (Wildman–Crippen MR) is 181 cm³/mol. The minimum atomic E-state index is 0.910. The number of hydrogen-bond donors (Lipinski definition) is 0. The van der Waals surface area contributed by atoms with E-state index in [0.29, 0.717) is 0 Å². The van der Waals surface area contributed by atoms with E-state index in [1.165, 1.54) is 5.39 Å². The number of para-hydroxylation sites is 1.